The normalized spacial score (nSPS) is 11.2. The maximum atomic E-state index is 6.11. The first kappa shape index (κ1) is 11.8. The van der Waals surface area contributed by atoms with E-state index in [9.17, 15) is 0 Å². The fourth-order valence-corrected chi connectivity index (χ4v) is 3.68. The van der Waals surface area contributed by atoms with Crippen LogP contribution in [0.25, 0.3) is 31.6 Å². The van der Waals surface area contributed by atoms with Crippen LogP contribution in [0, 0.1) is 0 Å². The summed E-state index contributed by atoms with van der Waals surface area (Å²) in [6.07, 6.45) is 0. The second kappa shape index (κ2) is 4.54. The van der Waals surface area contributed by atoms with E-state index >= 15 is 0 Å². The Balaban J connectivity index is 2.16. The van der Waals surface area contributed by atoms with E-state index in [1.165, 1.54) is 4.70 Å². The Hall–Kier alpha value is -1.97. The first-order valence-corrected chi connectivity index (χ1v) is 7.42. The van der Waals surface area contributed by atoms with Gasteiger partial charge in [-0.15, -0.1) is 11.3 Å². The minimum Gasteiger partial charge on any atom is -0.216 e. The molecule has 2 heterocycles. The molecular weight excluding hydrogens is 288 g/mol. The summed E-state index contributed by atoms with van der Waals surface area (Å²) >= 11 is 7.82. The van der Waals surface area contributed by atoms with E-state index in [2.05, 4.69) is 22.1 Å². The van der Waals surface area contributed by atoms with Crippen LogP contribution in [0.3, 0.4) is 0 Å². The van der Waals surface area contributed by atoms with E-state index in [4.69, 9.17) is 11.6 Å². The Morgan fingerprint density at radius 3 is 2.45 bits per heavy atom. The maximum absolute atomic E-state index is 6.11. The molecule has 0 amide bonds. The highest BCUT2D eigenvalue weighted by atomic mass is 35.5. The smallest absolute Gasteiger partial charge is 0.216 e. The summed E-state index contributed by atoms with van der Waals surface area (Å²) in [5.41, 5.74) is 2.90. The third-order valence-corrected chi connectivity index (χ3v) is 4.58. The third-order valence-electron chi connectivity index (χ3n) is 3.24. The average Bonchev–Trinajstić information content (AvgIpc) is 2.86. The summed E-state index contributed by atoms with van der Waals surface area (Å²) in [4.78, 5) is 8.85. The molecule has 4 aromatic rings. The summed E-state index contributed by atoms with van der Waals surface area (Å²) in [6, 6.07) is 18.3. The van der Waals surface area contributed by atoms with Gasteiger partial charge in [-0.2, -0.15) is 0 Å². The van der Waals surface area contributed by atoms with Gasteiger partial charge in [-0.1, -0.05) is 48.5 Å². The van der Waals surface area contributed by atoms with Crippen molar-refractivity contribution < 1.29 is 0 Å². The number of aromatic nitrogens is 2. The fraction of sp³-hybridized carbons (Fsp3) is 0. The van der Waals surface area contributed by atoms with Crippen molar-refractivity contribution in [2.75, 3.05) is 0 Å². The second-order valence-corrected chi connectivity index (χ2v) is 5.87. The zero-order chi connectivity index (χ0) is 13.5. The Kier molecular flexibility index (Phi) is 2.69. The van der Waals surface area contributed by atoms with Gasteiger partial charge in [-0.25, -0.2) is 9.97 Å². The van der Waals surface area contributed by atoms with Crippen molar-refractivity contribution in [3.05, 3.63) is 59.9 Å². The maximum Gasteiger partial charge on any atom is 0.223 e. The van der Waals surface area contributed by atoms with Gasteiger partial charge in [0.1, 0.15) is 0 Å². The lowest BCUT2D eigenvalue weighted by molar-refractivity contribution is 1.24. The zero-order valence-corrected chi connectivity index (χ0v) is 11.9. The summed E-state index contributed by atoms with van der Waals surface area (Å²) < 4.78 is 2.29. The van der Waals surface area contributed by atoms with Crippen molar-refractivity contribution in [3.8, 4) is 11.3 Å². The molecule has 0 atom stereocenters. The zero-order valence-electron chi connectivity index (χ0n) is 10.4. The topological polar surface area (TPSA) is 25.8 Å². The summed E-state index contributed by atoms with van der Waals surface area (Å²) in [7, 11) is 0. The molecule has 0 bridgehead atoms. The molecule has 2 nitrogen and oxygen atoms in total. The number of rotatable bonds is 1. The molecule has 0 saturated carbocycles. The van der Waals surface area contributed by atoms with Gasteiger partial charge in [0, 0.05) is 15.6 Å². The number of thiophene rings is 1. The minimum absolute atomic E-state index is 0.292. The van der Waals surface area contributed by atoms with Crippen molar-refractivity contribution in [1.82, 2.24) is 9.97 Å². The molecule has 0 aliphatic carbocycles. The summed E-state index contributed by atoms with van der Waals surface area (Å²) in [5, 5.41) is 1.42. The van der Waals surface area contributed by atoms with E-state index in [1.54, 1.807) is 11.3 Å². The fourth-order valence-electron chi connectivity index (χ4n) is 2.36. The highest BCUT2D eigenvalue weighted by molar-refractivity contribution is 7.26. The highest BCUT2D eigenvalue weighted by Crippen LogP contribution is 2.38. The Labute approximate surface area is 124 Å². The largest absolute Gasteiger partial charge is 0.223 e. The number of halogens is 1. The SMILES string of the molecule is Clc1nc(-c2ccccc2)c2sc3ccccc3c2n1. The molecule has 4 rings (SSSR count). The van der Waals surface area contributed by atoms with Crippen LogP contribution in [0.2, 0.25) is 5.28 Å². The van der Waals surface area contributed by atoms with Crippen LogP contribution in [0.1, 0.15) is 0 Å². The first-order chi connectivity index (χ1) is 9.83. The van der Waals surface area contributed by atoms with Gasteiger partial charge in [0.25, 0.3) is 0 Å². The second-order valence-electron chi connectivity index (χ2n) is 4.48. The van der Waals surface area contributed by atoms with E-state index in [1.807, 2.05) is 42.5 Å². The Morgan fingerprint density at radius 2 is 1.60 bits per heavy atom. The van der Waals surface area contributed by atoms with Gasteiger partial charge in [-0.3, -0.25) is 0 Å². The lowest BCUT2D eigenvalue weighted by Gasteiger charge is -2.02. The molecule has 0 aliphatic rings. The average molecular weight is 297 g/mol. The Bertz CT molecular complexity index is 916. The van der Waals surface area contributed by atoms with Crippen LogP contribution in [0.5, 0.6) is 0 Å². The first-order valence-electron chi connectivity index (χ1n) is 6.23. The van der Waals surface area contributed by atoms with E-state index in [0.717, 1.165) is 26.9 Å². The number of nitrogens with zero attached hydrogens (tertiary/aromatic N) is 2. The molecule has 96 valence electrons. The quantitative estimate of drug-likeness (QED) is 0.453. The van der Waals surface area contributed by atoms with E-state index in [0.29, 0.717) is 5.28 Å². The molecule has 0 N–H and O–H groups in total. The van der Waals surface area contributed by atoms with Crippen LogP contribution in [0.15, 0.2) is 54.6 Å². The molecule has 0 aliphatic heterocycles. The standard InChI is InChI=1S/C16H9ClN2S/c17-16-18-13(10-6-2-1-3-7-10)15-14(19-16)11-8-4-5-9-12(11)20-15/h1-9H. The minimum atomic E-state index is 0.292. The van der Waals surface area contributed by atoms with Crippen LogP contribution in [-0.2, 0) is 0 Å². The van der Waals surface area contributed by atoms with Crippen molar-refractivity contribution in [2.24, 2.45) is 0 Å². The van der Waals surface area contributed by atoms with Crippen LogP contribution < -0.4 is 0 Å². The lowest BCUT2D eigenvalue weighted by Crippen LogP contribution is -1.88. The van der Waals surface area contributed by atoms with Gasteiger partial charge >= 0.3 is 0 Å². The number of hydrogen-bond donors (Lipinski definition) is 0. The third kappa shape index (κ3) is 1.79. The van der Waals surface area contributed by atoms with Crippen LogP contribution in [-0.4, -0.2) is 9.97 Å². The molecular formula is C16H9ClN2S. The number of benzene rings is 2. The van der Waals surface area contributed by atoms with E-state index in [-0.39, 0.29) is 0 Å². The Morgan fingerprint density at radius 1 is 0.850 bits per heavy atom. The molecule has 20 heavy (non-hydrogen) atoms. The summed E-state index contributed by atoms with van der Waals surface area (Å²) in [6.45, 7) is 0. The molecule has 0 radical (unpaired) electrons. The predicted octanol–water partition coefficient (Wildman–Crippen LogP) is 5.16. The number of hydrogen-bond acceptors (Lipinski definition) is 3. The molecule has 0 unspecified atom stereocenters. The molecule has 0 spiro atoms. The van der Waals surface area contributed by atoms with Crippen molar-refractivity contribution >= 4 is 43.2 Å². The summed E-state index contributed by atoms with van der Waals surface area (Å²) in [5.74, 6) is 0. The monoisotopic (exact) mass is 296 g/mol. The van der Waals surface area contributed by atoms with Gasteiger partial charge in [0.2, 0.25) is 5.28 Å². The molecule has 2 aromatic carbocycles. The molecule has 0 fully saturated rings. The highest BCUT2D eigenvalue weighted by Gasteiger charge is 2.14. The van der Waals surface area contributed by atoms with Crippen LogP contribution >= 0.6 is 22.9 Å². The molecule has 2 aromatic heterocycles. The van der Waals surface area contributed by atoms with Gasteiger partial charge in [0.05, 0.1) is 15.9 Å². The van der Waals surface area contributed by atoms with Crippen molar-refractivity contribution in [3.63, 3.8) is 0 Å². The van der Waals surface area contributed by atoms with Gasteiger partial charge in [0.15, 0.2) is 0 Å². The number of fused-ring (bicyclic) bond motifs is 3. The van der Waals surface area contributed by atoms with Crippen LogP contribution in [0.4, 0.5) is 0 Å². The predicted molar refractivity (Wildman–Crippen MR) is 85.4 cm³/mol. The van der Waals surface area contributed by atoms with Crippen molar-refractivity contribution in [1.29, 1.82) is 0 Å². The van der Waals surface area contributed by atoms with E-state index < -0.39 is 0 Å². The molecule has 4 heteroatoms. The van der Waals surface area contributed by atoms with Gasteiger partial charge in [-0.05, 0) is 17.7 Å². The van der Waals surface area contributed by atoms with Gasteiger partial charge < -0.3 is 0 Å². The molecule has 0 saturated heterocycles. The van der Waals surface area contributed by atoms with Crippen molar-refractivity contribution in [2.45, 2.75) is 0 Å². The lowest BCUT2D eigenvalue weighted by atomic mass is 10.1.